The molecule has 0 saturated carbocycles. The van der Waals surface area contributed by atoms with Crippen LogP contribution in [0.1, 0.15) is 13.8 Å². The van der Waals surface area contributed by atoms with Gasteiger partial charge in [0.05, 0.1) is 0 Å². The molecule has 0 aromatic carbocycles. The molecular weight excluding hydrogens is 104 g/mol. The van der Waals surface area contributed by atoms with Gasteiger partial charge >= 0.3 is 0 Å². The van der Waals surface area contributed by atoms with Crippen molar-refractivity contribution in [3.63, 3.8) is 0 Å². The first-order chi connectivity index (χ1) is 3.91. The molecule has 0 unspecified atom stereocenters. The summed E-state index contributed by atoms with van der Waals surface area (Å²) >= 11 is 0. The van der Waals surface area contributed by atoms with Gasteiger partial charge in [0.25, 0.3) is 0 Å². The molecular formula is C5H12N2O. The van der Waals surface area contributed by atoms with Gasteiger partial charge in [-0.3, -0.25) is 0 Å². The Balaban J connectivity index is 0. The zero-order valence-electron chi connectivity index (χ0n) is 5.29. The molecule has 3 nitrogen and oxygen atoms in total. The lowest BCUT2D eigenvalue weighted by Gasteiger charge is -1.76. The Hall–Kier alpha value is -0.830. The number of nitrogens with two attached hydrogens (primary N) is 1. The molecule has 0 atom stereocenters. The van der Waals surface area contributed by atoms with Crippen LogP contribution < -0.4 is 5.90 Å². The van der Waals surface area contributed by atoms with Gasteiger partial charge < -0.3 is 4.84 Å². The summed E-state index contributed by atoms with van der Waals surface area (Å²) in [6.45, 7) is 7.26. The Bertz CT molecular complexity index is 61.4. The predicted octanol–water partition coefficient (Wildman–Crippen LogP) is 1.07. The molecule has 0 rings (SSSR count). The Morgan fingerprint density at radius 1 is 1.62 bits per heavy atom. The predicted molar refractivity (Wildman–Crippen MR) is 35.3 cm³/mol. The molecule has 3 heteroatoms. The standard InChI is InChI=1S/C3H6N2O.C2H6/c1-2-5-3-6-4;1-2/h2-3H,1,4H2;1-2H3. The minimum absolute atomic E-state index is 1.09. The van der Waals surface area contributed by atoms with Crippen molar-refractivity contribution in [2.45, 2.75) is 13.8 Å². The molecule has 0 aromatic rings. The van der Waals surface area contributed by atoms with Crippen molar-refractivity contribution in [1.29, 1.82) is 0 Å². The molecule has 0 bridgehead atoms. The second kappa shape index (κ2) is 16.4. The summed E-state index contributed by atoms with van der Waals surface area (Å²) < 4.78 is 0. The van der Waals surface area contributed by atoms with Gasteiger partial charge in [-0.25, -0.2) is 4.99 Å². The molecule has 0 saturated heterocycles. The van der Waals surface area contributed by atoms with Gasteiger partial charge in [0.1, 0.15) is 0 Å². The van der Waals surface area contributed by atoms with E-state index in [2.05, 4.69) is 22.3 Å². The molecule has 0 heterocycles. The molecule has 0 aliphatic rings. The summed E-state index contributed by atoms with van der Waals surface area (Å²) in [6, 6.07) is 0. The molecule has 0 aliphatic heterocycles. The number of aliphatic imine (C=N–C) groups is 1. The molecule has 0 radical (unpaired) electrons. The first-order valence-corrected chi connectivity index (χ1v) is 2.40. The highest BCUT2D eigenvalue weighted by Gasteiger charge is 1.52. The molecule has 8 heavy (non-hydrogen) atoms. The maximum atomic E-state index is 4.52. The zero-order valence-corrected chi connectivity index (χ0v) is 5.29. The van der Waals surface area contributed by atoms with E-state index in [1.807, 2.05) is 13.8 Å². The van der Waals surface area contributed by atoms with Gasteiger partial charge in [-0.1, -0.05) is 20.4 Å². The Kier molecular flexibility index (Phi) is 20.9. The summed E-state index contributed by atoms with van der Waals surface area (Å²) in [5.74, 6) is 4.52. The average molecular weight is 116 g/mol. The van der Waals surface area contributed by atoms with Crippen LogP contribution in [-0.4, -0.2) is 6.40 Å². The Morgan fingerprint density at radius 3 is 2.25 bits per heavy atom. The van der Waals surface area contributed by atoms with E-state index in [1.165, 1.54) is 6.20 Å². The normalized spacial score (nSPS) is 7.38. The van der Waals surface area contributed by atoms with Crippen LogP contribution >= 0.6 is 0 Å². The molecule has 48 valence electrons. The molecule has 0 amide bonds. The zero-order chi connectivity index (χ0) is 6.83. The number of nitrogens with zero attached hydrogens (tertiary/aromatic N) is 1. The van der Waals surface area contributed by atoms with E-state index in [0.29, 0.717) is 0 Å². The van der Waals surface area contributed by atoms with Crippen LogP contribution in [0.15, 0.2) is 17.8 Å². The van der Waals surface area contributed by atoms with Crippen molar-refractivity contribution in [3.05, 3.63) is 12.8 Å². The number of hydrogen-bond donors (Lipinski definition) is 1. The van der Waals surface area contributed by atoms with E-state index in [1.54, 1.807) is 0 Å². The lowest BCUT2D eigenvalue weighted by molar-refractivity contribution is 0.338. The van der Waals surface area contributed by atoms with Crippen LogP contribution in [0.3, 0.4) is 0 Å². The van der Waals surface area contributed by atoms with Crippen LogP contribution in [0.25, 0.3) is 0 Å². The topological polar surface area (TPSA) is 47.6 Å². The highest BCUT2D eigenvalue weighted by atomic mass is 16.6. The van der Waals surface area contributed by atoms with Crippen molar-refractivity contribution in [2.24, 2.45) is 10.9 Å². The van der Waals surface area contributed by atoms with Crippen LogP contribution in [0, 0.1) is 0 Å². The minimum atomic E-state index is 1.09. The summed E-state index contributed by atoms with van der Waals surface area (Å²) in [7, 11) is 0. The fourth-order valence-corrected chi connectivity index (χ4v) is 0.0782. The van der Waals surface area contributed by atoms with E-state index in [-0.39, 0.29) is 0 Å². The second-order valence-corrected chi connectivity index (χ2v) is 0.573. The monoisotopic (exact) mass is 116 g/mol. The highest BCUT2D eigenvalue weighted by Crippen LogP contribution is 1.58. The highest BCUT2D eigenvalue weighted by molar-refractivity contribution is 5.46. The minimum Gasteiger partial charge on any atom is -0.399 e. The molecule has 2 N–H and O–H groups in total. The average Bonchev–Trinajstić information content (AvgIpc) is 1.88. The Labute approximate surface area is 49.8 Å². The van der Waals surface area contributed by atoms with Crippen LogP contribution in [0.5, 0.6) is 0 Å². The Morgan fingerprint density at radius 2 is 2.12 bits per heavy atom. The van der Waals surface area contributed by atoms with E-state index < -0.39 is 0 Å². The summed E-state index contributed by atoms with van der Waals surface area (Å²) in [5.41, 5.74) is 0. The van der Waals surface area contributed by atoms with Crippen molar-refractivity contribution in [3.8, 4) is 0 Å². The van der Waals surface area contributed by atoms with E-state index >= 15 is 0 Å². The first-order valence-electron chi connectivity index (χ1n) is 2.40. The molecule has 0 aliphatic carbocycles. The SMILES string of the molecule is C=CN=CON.CC. The maximum Gasteiger partial charge on any atom is 0.200 e. The third kappa shape index (κ3) is 19.1. The van der Waals surface area contributed by atoms with Crippen molar-refractivity contribution < 1.29 is 4.84 Å². The molecule has 0 spiro atoms. The van der Waals surface area contributed by atoms with E-state index in [9.17, 15) is 0 Å². The van der Waals surface area contributed by atoms with Gasteiger partial charge in [0.15, 0.2) is 0 Å². The van der Waals surface area contributed by atoms with Gasteiger partial charge in [-0.05, 0) is 0 Å². The van der Waals surface area contributed by atoms with Crippen LogP contribution in [0.4, 0.5) is 0 Å². The van der Waals surface area contributed by atoms with Gasteiger partial charge in [0, 0.05) is 6.20 Å². The summed E-state index contributed by atoms with van der Waals surface area (Å²) in [5, 5.41) is 0. The van der Waals surface area contributed by atoms with Crippen LogP contribution in [-0.2, 0) is 4.84 Å². The van der Waals surface area contributed by atoms with Crippen molar-refractivity contribution in [1.82, 2.24) is 0 Å². The quantitative estimate of drug-likeness (QED) is 0.333. The van der Waals surface area contributed by atoms with Gasteiger partial charge in [0.2, 0.25) is 6.40 Å². The van der Waals surface area contributed by atoms with Gasteiger partial charge in [-0.15, -0.1) is 0 Å². The lowest BCUT2D eigenvalue weighted by atomic mass is 11.0. The van der Waals surface area contributed by atoms with Crippen molar-refractivity contribution >= 4 is 6.40 Å². The fourth-order valence-electron chi connectivity index (χ4n) is 0.0782. The number of rotatable bonds is 2. The van der Waals surface area contributed by atoms with Gasteiger partial charge in [-0.2, -0.15) is 5.90 Å². The third-order valence-corrected chi connectivity index (χ3v) is 0.227. The largest absolute Gasteiger partial charge is 0.399 e. The third-order valence-electron chi connectivity index (χ3n) is 0.227. The summed E-state index contributed by atoms with van der Waals surface area (Å²) in [6.07, 6.45) is 2.42. The lowest BCUT2D eigenvalue weighted by Crippen LogP contribution is -1.92. The first kappa shape index (κ1) is 10.2. The second-order valence-electron chi connectivity index (χ2n) is 0.573. The van der Waals surface area contributed by atoms with E-state index in [4.69, 9.17) is 0 Å². The van der Waals surface area contributed by atoms with E-state index in [0.717, 1.165) is 6.40 Å². The number of hydrogen-bond acceptors (Lipinski definition) is 3. The van der Waals surface area contributed by atoms with Crippen molar-refractivity contribution in [2.75, 3.05) is 0 Å². The molecule has 0 aromatic heterocycles. The molecule has 0 fully saturated rings. The fraction of sp³-hybridized carbons (Fsp3) is 0.400. The smallest absolute Gasteiger partial charge is 0.200 e. The van der Waals surface area contributed by atoms with Crippen LogP contribution in [0.2, 0.25) is 0 Å². The maximum absolute atomic E-state index is 4.52. The summed E-state index contributed by atoms with van der Waals surface area (Å²) in [4.78, 5) is 7.30.